The molecule has 0 fully saturated rings. The Labute approximate surface area is 43.4 Å². The third-order valence-corrected chi connectivity index (χ3v) is 0.550. The summed E-state index contributed by atoms with van der Waals surface area (Å²) < 4.78 is 0. The van der Waals surface area contributed by atoms with E-state index in [9.17, 15) is 4.79 Å². The zero-order valence-corrected chi connectivity index (χ0v) is 4.59. The Balaban J connectivity index is 3.35. The normalized spacial score (nSPS) is 9.43. The van der Waals surface area contributed by atoms with Crippen LogP contribution in [0.3, 0.4) is 0 Å². The van der Waals surface area contributed by atoms with Crippen molar-refractivity contribution < 1.29 is 4.79 Å². The van der Waals surface area contributed by atoms with E-state index >= 15 is 0 Å². The summed E-state index contributed by atoms with van der Waals surface area (Å²) in [6, 6.07) is 0. The number of hydrogen-bond acceptors (Lipinski definition) is 1. The van der Waals surface area contributed by atoms with Crippen LogP contribution in [-0.2, 0) is 4.79 Å². The smallest absolute Gasteiger partial charge is 0.213 e. The van der Waals surface area contributed by atoms with Gasteiger partial charge in [0.15, 0.2) is 0 Å². The summed E-state index contributed by atoms with van der Waals surface area (Å²) in [6.45, 7) is 1.86. The number of carbonyl (C=O) groups excluding carboxylic acids is 1. The van der Waals surface area contributed by atoms with Gasteiger partial charge in [0.1, 0.15) is 0 Å². The van der Waals surface area contributed by atoms with Crippen molar-refractivity contribution in [3.8, 4) is 0 Å². The van der Waals surface area contributed by atoms with Crippen molar-refractivity contribution in [2.75, 3.05) is 7.05 Å². The van der Waals surface area contributed by atoms with Crippen LogP contribution in [0.1, 0.15) is 6.92 Å². The van der Waals surface area contributed by atoms with E-state index in [1.54, 1.807) is 19.3 Å². The number of rotatable bonds is 2. The van der Waals surface area contributed by atoms with Crippen LogP contribution in [-0.4, -0.2) is 18.4 Å². The van der Waals surface area contributed by atoms with Gasteiger partial charge in [-0.25, -0.2) is 0 Å². The molecule has 0 atom stereocenters. The van der Waals surface area contributed by atoms with E-state index in [0.29, 0.717) is 0 Å². The molecule has 1 amide bonds. The molecule has 0 saturated heterocycles. The quantitative estimate of drug-likeness (QED) is 0.464. The Hall–Kier alpha value is -0.790. The van der Waals surface area contributed by atoms with E-state index in [1.807, 2.05) is 6.92 Å². The van der Waals surface area contributed by atoms with Crippen molar-refractivity contribution >= 4 is 6.41 Å². The minimum absolute atomic E-state index is 0.750. The molecule has 7 heavy (non-hydrogen) atoms. The van der Waals surface area contributed by atoms with Gasteiger partial charge in [-0.05, 0) is 6.92 Å². The van der Waals surface area contributed by atoms with Gasteiger partial charge in [0.2, 0.25) is 6.41 Å². The Morgan fingerprint density at radius 3 is 2.29 bits per heavy atom. The highest BCUT2D eigenvalue weighted by atomic mass is 16.1. The number of allylic oxidation sites excluding steroid dienone is 1. The lowest BCUT2D eigenvalue weighted by atomic mass is 10.7. The predicted octanol–water partition coefficient (Wildman–Crippen LogP) is 0.608. The highest BCUT2D eigenvalue weighted by molar-refractivity contribution is 5.48. The largest absolute Gasteiger partial charge is 0.325 e. The first-order valence-electron chi connectivity index (χ1n) is 2.11. The van der Waals surface area contributed by atoms with Crippen molar-refractivity contribution in [3.05, 3.63) is 12.3 Å². The van der Waals surface area contributed by atoms with Gasteiger partial charge in [0.05, 0.1) is 0 Å². The van der Waals surface area contributed by atoms with Gasteiger partial charge in [-0.1, -0.05) is 6.08 Å². The Morgan fingerprint density at radius 2 is 2.14 bits per heavy atom. The molecule has 2 nitrogen and oxygen atoms in total. The van der Waals surface area contributed by atoms with Crippen molar-refractivity contribution in [1.29, 1.82) is 0 Å². The van der Waals surface area contributed by atoms with Crippen molar-refractivity contribution in [2.45, 2.75) is 6.92 Å². The van der Waals surface area contributed by atoms with Crippen molar-refractivity contribution in [3.63, 3.8) is 0 Å². The third kappa shape index (κ3) is 3.03. The second kappa shape index (κ2) is 3.40. The number of amides is 1. The topological polar surface area (TPSA) is 20.3 Å². The Bertz CT molecular complexity index is 78.1. The number of hydrogen-bond donors (Lipinski definition) is 0. The van der Waals surface area contributed by atoms with E-state index in [4.69, 9.17) is 0 Å². The molecule has 0 bridgehead atoms. The van der Waals surface area contributed by atoms with Crippen molar-refractivity contribution in [2.24, 2.45) is 0 Å². The Kier molecular flexibility index (Phi) is 3.02. The second-order valence-corrected chi connectivity index (χ2v) is 1.25. The molecule has 0 heterocycles. The number of carbonyl (C=O) groups is 1. The molecule has 0 aliphatic rings. The average Bonchev–Trinajstić information content (AvgIpc) is 1.68. The predicted molar refractivity (Wildman–Crippen MR) is 28.6 cm³/mol. The molecule has 0 aliphatic heterocycles. The first-order valence-corrected chi connectivity index (χ1v) is 2.11. The molecular weight excluding hydrogens is 90.1 g/mol. The molecule has 0 N–H and O–H groups in total. The summed E-state index contributed by atoms with van der Waals surface area (Å²) in [5, 5.41) is 0. The molecule has 0 radical (unpaired) electrons. The molecule has 0 aliphatic carbocycles. The molecule has 0 aromatic rings. The minimum atomic E-state index is 0.750. The van der Waals surface area contributed by atoms with Gasteiger partial charge in [-0.2, -0.15) is 0 Å². The van der Waals surface area contributed by atoms with Crippen LogP contribution in [0.4, 0.5) is 0 Å². The molecule has 2 heteroatoms. The van der Waals surface area contributed by atoms with Gasteiger partial charge in [0.25, 0.3) is 0 Å². The highest BCUT2D eigenvalue weighted by Crippen LogP contribution is 1.73. The average molecular weight is 99.1 g/mol. The monoisotopic (exact) mass is 99.1 g/mol. The maximum absolute atomic E-state index is 9.77. The summed E-state index contributed by atoms with van der Waals surface area (Å²) in [4.78, 5) is 11.2. The fourth-order valence-corrected chi connectivity index (χ4v) is 0.270. The summed E-state index contributed by atoms with van der Waals surface area (Å²) in [5.74, 6) is 0. The standard InChI is InChI=1S/C5H9NO/c1-3-4-6(2)5-7/h3-5H,1-2H3/b4-3+. The van der Waals surface area contributed by atoms with E-state index in [2.05, 4.69) is 0 Å². The minimum Gasteiger partial charge on any atom is -0.325 e. The molecule has 0 aromatic carbocycles. The number of nitrogens with zero attached hydrogens (tertiary/aromatic N) is 1. The molecule has 0 aromatic heterocycles. The fraction of sp³-hybridized carbons (Fsp3) is 0.400. The van der Waals surface area contributed by atoms with Crippen LogP contribution in [0.25, 0.3) is 0 Å². The molecule has 0 rings (SSSR count). The van der Waals surface area contributed by atoms with Crippen LogP contribution in [0, 0.1) is 0 Å². The van der Waals surface area contributed by atoms with Gasteiger partial charge in [0, 0.05) is 13.2 Å². The van der Waals surface area contributed by atoms with Crippen LogP contribution in [0.15, 0.2) is 12.3 Å². The second-order valence-electron chi connectivity index (χ2n) is 1.25. The Morgan fingerprint density at radius 1 is 1.57 bits per heavy atom. The van der Waals surface area contributed by atoms with Gasteiger partial charge in [-0.3, -0.25) is 4.79 Å². The van der Waals surface area contributed by atoms with Crippen LogP contribution >= 0.6 is 0 Å². The lowest BCUT2D eigenvalue weighted by Gasteiger charge is -1.97. The first-order chi connectivity index (χ1) is 3.31. The van der Waals surface area contributed by atoms with E-state index in [1.165, 1.54) is 4.90 Å². The van der Waals surface area contributed by atoms with Gasteiger partial charge < -0.3 is 4.90 Å². The highest BCUT2D eigenvalue weighted by Gasteiger charge is 1.76. The lowest BCUT2D eigenvalue weighted by Crippen LogP contribution is -2.05. The van der Waals surface area contributed by atoms with Crippen LogP contribution in [0.2, 0.25) is 0 Å². The maximum Gasteiger partial charge on any atom is 0.213 e. The molecule has 40 valence electrons. The van der Waals surface area contributed by atoms with E-state index < -0.39 is 0 Å². The summed E-state index contributed by atoms with van der Waals surface area (Å²) >= 11 is 0. The molecule has 0 saturated carbocycles. The lowest BCUT2D eigenvalue weighted by molar-refractivity contribution is -0.114. The van der Waals surface area contributed by atoms with E-state index in [-0.39, 0.29) is 0 Å². The summed E-state index contributed by atoms with van der Waals surface area (Å²) in [7, 11) is 1.69. The molecule has 0 unspecified atom stereocenters. The van der Waals surface area contributed by atoms with Gasteiger partial charge >= 0.3 is 0 Å². The molecular formula is C5H9NO. The van der Waals surface area contributed by atoms with Crippen LogP contribution < -0.4 is 0 Å². The fourth-order valence-electron chi connectivity index (χ4n) is 0.270. The van der Waals surface area contributed by atoms with Crippen LogP contribution in [0.5, 0.6) is 0 Å². The van der Waals surface area contributed by atoms with Gasteiger partial charge in [-0.15, -0.1) is 0 Å². The maximum atomic E-state index is 9.77. The van der Waals surface area contributed by atoms with Crippen molar-refractivity contribution in [1.82, 2.24) is 4.90 Å². The zero-order chi connectivity index (χ0) is 5.70. The first kappa shape index (κ1) is 6.21. The summed E-state index contributed by atoms with van der Waals surface area (Å²) in [5.41, 5.74) is 0. The third-order valence-electron chi connectivity index (χ3n) is 0.550. The molecule has 0 spiro atoms. The van der Waals surface area contributed by atoms with E-state index in [0.717, 1.165) is 6.41 Å². The SMILES string of the molecule is C/C=C/N(C)C=O. The zero-order valence-electron chi connectivity index (χ0n) is 4.59. The summed E-state index contributed by atoms with van der Waals surface area (Å²) in [6.07, 6.45) is 4.24.